The van der Waals surface area contributed by atoms with Crippen LogP contribution in [-0.4, -0.2) is 66.2 Å². The number of likely N-dealkylation sites (tertiary alicyclic amines) is 1. The van der Waals surface area contributed by atoms with Crippen molar-refractivity contribution in [3.8, 4) is 0 Å². The number of H-pyrrole nitrogens is 1. The first-order valence-electron chi connectivity index (χ1n) is 6.69. The molecule has 0 atom stereocenters. The van der Waals surface area contributed by atoms with Crippen molar-refractivity contribution in [2.75, 3.05) is 27.2 Å². The molecule has 114 valence electrons. The molecule has 1 aliphatic heterocycles. The van der Waals surface area contributed by atoms with Gasteiger partial charge in [0.05, 0.1) is 6.61 Å². The molecular formula is C12H22N4O3S. The van der Waals surface area contributed by atoms with Crippen LogP contribution in [0.2, 0.25) is 0 Å². The first kappa shape index (κ1) is 15.4. The van der Waals surface area contributed by atoms with Crippen molar-refractivity contribution >= 4 is 10.0 Å². The summed E-state index contributed by atoms with van der Waals surface area (Å²) < 4.78 is 26.6. The van der Waals surface area contributed by atoms with Crippen LogP contribution >= 0.6 is 0 Å². The van der Waals surface area contributed by atoms with Gasteiger partial charge in [-0.05, 0) is 39.9 Å². The van der Waals surface area contributed by atoms with Gasteiger partial charge < -0.3 is 10.0 Å². The Hall–Kier alpha value is -0.960. The Balaban J connectivity index is 2.25. The van der Waals surface area contributed by atoms with Crippen molar-refractivity contribution in [1.82, 2.24) is 19.4 Å². The molecule has 0 amide bonds. The van der Waals surface area contributed by atoms with Gasteiger partial charge >= 0.3 is 0 Å². The molecule has 0 radical (unpaired) electrons. The number of aromatic amines is 1. The van der Waals surface area contributed by atoms with E-state index >= 15 is 0 Å². The Morgan fingerprint density at radius 1 is 1.45 bits per heavy atom. The number of sulfonamides is 1. The predicted octanol–water partition coefficient (Wildman–Crippen LogP) is -0.0749. The number of nitrogens with one attached hydrogen (secondary N) is 1. The van der Waals surface area contributed by atoms with Gasteiger partial charge in [-0.25, -0.2) is 8.42 Å². The van der Waals surface area contributed by atoms with E-state index in [2.05, 4.69) is 15.1 Å². The molecule has 2 rings (SSSR count). The van der Waals surface area contributed by atoms with Gasteiger partial charge in [-0.2, -0.15) is 9.40 Å². The zero-order chi connectivity index (χ0) is 14.9. The highest BCUT2D eigenvalue weighted by atomic mass is 32.2. The molecule has 1 aliphatic rings. The SMILES string of the molecule is Cc1[nH]nc(S(=O)(=O)N(C)C2CCN(C)CC2)c1CO. The Morgan fingerprint density at radius 2 is 2.05 bits per heavy atom. The summed E-state index contributed by atoms with van der Waals surface area (Å²) in [7, 11) is -0.0384. The fourth-order valence-corrected chi connectivity index (χ4v) is 4.09. The fourth-order valence-electron chi connectivity index (χ4n) is 2.52. The van der Waals surface area contributed by atoms with Gasteiger partial charge in [0, 0.05) is 24.3 Å². The second kappa shape index (κ2) is 5.80. The van der Waals surface area contributed by atoms with E-state index in [1.807, 2.05) is 7.05 Å². The van der Waals surface area contributed by atoms with Crippen LogP contribution in [0.5, 0.6) is 0 Å². The van der Waals surface area contributed by atoms with E-state index in [1.54, 1.807) is 14.0 Å². The molecule has 0 aromatic carbocycles. The normalized spacial score (nSPS) is 18.9. The number of piperidine rings is 1. The summed E-state index contributed by atoms with van der Waals surface area (Å²) in [4.78, 5) is 2.19. The molecule has 8 heteroatoms. The van der Waals surface area contributed by atoms with Crippen molar-refractivity contribution < 1.29 is 13.5 Å². The number of nitrogens with zero attached hydrogens (tertiary/aromatic N) is 3. The number of aryl methyl sites for hydroxylation is 1. The predicted molar refractivity (Wildman–Crippen MR) is 74.7 cm³/mol. The number of rotatable bonds is 4. The van der Waals surface area contributed by atoms with Crippen LogP contribution in [0.25, 0.3) is 0 Å². The van der Waals surface area contributed by atoms with Crippen molar-refractivity contribution in [3.05, 3.63) is 11.3 Å². The minimum absolute atomic E-state index is 0.0141. The van der Waals surface area contributed by atoms with Crippen LogP contribution in [0, 0.1) is 6.92 Å². The summed E-state index contributed by atoms with van der Waals surface area (Å²) in [5, 5.41) is 15.8. The molecule has 0 bridgehead atoms. The van der Waals surface area contributed by atoms with Crippen LogP contribution in [-0.2, 0) is 16.6 Å². The van der Waals surface area contributed by atoms with Crippen LogP contribution in [0.3, 0.4) is 0 Å². The number of aromatic nitrogens is 2. The van der Waals surface area contributed by atoms with Gasteiger partial charge in [-0.1, -0.05) is 0 Å². The molecule has 1 fully saturated rings. The molecule has 20 heavy (non-hydrogen) atoms. The van der Waals surface area contributed by atoms with E-state index in [1.165, 1.54) is 4.31 Å². The molecule has 0 aliphatic carbocycles. The third kappa shape index (κ3) is 2.73. The highest BCUT2D eigenvalue weighted by molar-refractivity contribution is 7.89. The van der Waals surface area contributed by atoms with Gasteiger partial charge in [0.15, 0.2) is 5.03 Å². The first-order valence-corrected chi connectivity index (χ1v) is 8.13. The summed E-state index contributed by atoms with van der Waals surface area (Å²) in [6.07, 6.45) is 1.62. The second-order valence-corrected chi connectivity index (χ2v) is 7.26. The Kier molecular flexibility index (Phi) is 4.48. The highest BCUT2D eigenvalue weighted by Gasteiger charge is 2.33. The Morgan fingerprint density at radius 3 is 2.60 bits per heavy atom. The maximum Gasteiger partial charge on any atom is 0.262 e. The van der Waals surface area contributed by atoms with E-state index < -0.39 is 10.0 Å². The first-order chi connectivity index (χ1) is 9.37. The van der Waals surface area contributed by atoms with Gasteiger partial charge in [0.25, 0.3) is 10.0 Å². The molecule has 2 heterocycles. The van der Waals surface area contributed by atoms with Gasteiger partial charge in [0.2, 0.25) is 0 Å². The van der Waals surface area contributed by atoms with Crippen LogP contribution < -0.4 is 0 Å². The molecule has 2 N–H and O–H groups in total. The summed E-state index contributed by atoms with van der Waals surface area (Å²) in [6, 6.07) is -0.0141. The van der Waals surface area contributed by atoms with E-state index in [9.17, 15) is 13.5 Å². The summed E-state index contributed by atoms with van der Waals surface area (Å²) >= 11 is 0. The molecule has 1 aromatic heterocycles. The Bertz CT molecular complexity index is 561. The molecule has 1 aromatic rings. The quantitative estimate of drug-likeness (QED) is 0.812. The highest BCUT2D eigenvalue weighted by Crippen LogP contribution is 2.24. The number of aliphatic hydroxyl groups excluding tert-OH is 1. The van der Waals surface area contributed by atoms with Gasteiger partial charge in [-0.15, -0.1) is 0 Å². The largest absolute Gasteiger partial charge is 0.392 e. The minimum Gasteiger partial charge on any atom is -0.392 e. The van der Waals surface area contributed by atoms with E-state index in [0.717, 1.165) is 25.9 Å². The number of hydrogen-bond acceptors (Lipinski definition) is 5. The monoisotopic (exact) mass is 302 g/mol. The standard InChI is InChI=1S/C12H22N4O3S/c1-9-11(8-17)12(14-13-9)20(18,19)16(3)10-4-6-15(2)7-5-10/h10,17H,4-8H2,1-3H3,(H,13,14). The average Bonchev–Trinajstić information content (AvgIpc) is 2.80. The summed E-state index contributed by atoms with van der Waals surface area (Å²) in [5.74, 6) is 0. The smallest absolute Gasteiger partial charge is 0.262 e. The van der Waals surface area contributed by atoms with Crippen molar-refractivity contribution in [1.29, 1.82) is 0 Å². The average molecular weight is 302 g/mol. The van der Waals surface area contributed by atoms with Crippen molar-refractivity contribution in [3.63, 3.8) is 0 Å². The van der Waals surface area contributed by atoms with Gasteiger partial charge in [-0.3, -0.25) is 5.10 Å². The minimum atomic E-state index is -3.67. The molecule has 0 saturated carbocycles. The molecule has 1 saturated heterocycles. The summed E-state index contributed by atoms with van der Waals surface area (Å²) in [5.41, 5.74) is 0.938. The fraction of sp³-hybridized carbons (Fsp3) is 0.750. The lowest BCUT2D eigenvalue weighted by molar-refractivity contribution is 0.197. The van der Waals surface area contributed by atoms with Crippen LogP contribution in [0.1, 0.15) is 24.1 Å². The maximum absolute atomic E-state index is 12.6. The molecule has 0 spiro atoms. The van der Waals surface area contributed by atoms with Gasteiger partial charge in [0.1, 0.15) is 0 Å². The second-order valence-electron chi connectivity index (χ2n) is 5.35. The lowest BCUT2D eigenvalue weighted by Gasteiger charge is -2.34. The van der Waals surface area contributed by atoms with E-state index in [4.69, 9.17) is 0 Å². The zero-order valence-electron chi connectivity index (χ0n) is 12.1. The van der Waals surface area contributed by atoms with Crippen LogP contribution in [0.4, 0.5) is 0 Å². The third-order valence-electron chi connectivity index (χ3n) is 4.02. The number of hydrogen-bond donors (Lipinski definition) is 2. The molecule has 0 unspecified atom stereocenters. The van der Waals surface area contributed by atoms with E-state index in [0.29, 0.717) is 11.3 Å². The van der Waals surface area contributed by atoms with Crippen molar-refractivity contribution in [2.45, 2.75) is 37.4 Å². The zero-order valence-corrected chi connectivity index (χ0v) is 12.9. The maximum atomic E-state index is 12.6. The van der Waals surface area contributed by atoms with Crippen molar-refractivity contribution in [2.24, 2.45) is 0 Å². The van der Waals surface area contributed by atoms with E-state index in [-0.39, 0.29) is 17.7 Å². The lowest BCUT2D eigenvalue weighted by atomic mass is 10.1. The lowest BCUT2D eigenvalue weighted by Crippen LogP contribution is -2.44. The Labute approximate surface area is 119 Å². The third-order valence-corrected chi connectivity index (χ3v) is 5.90. The molecular weight excluding hydrogens is 280 g/mol. The van der Waals surface area contributed by atoms with Crippen LogP contribution in [0.15, 0.2) is 5.03 Å². The summed E-state index contributed by atoms with van der Waals surface area (Å²) in [6.45, 7) is 3.14. The topological polar surface area (TPSA) is 89.5 Å². The molecule has 7 nitrogen and oxygen atoms in total. The number of aliphatic hydroxyl groups is 1.